The van der Waals surface area contributed by atoms with Crippen LogP contribution in [0.15, 0.2) is 12.3 Å². The summed E-state index contributed by atoms with van der Waals surface area (Å²) in [6.07, 6.45) is 2.56. The first kappa shape index (κ1) is 9.02. The largest absolute Gasteiger partial charge is 0.338 e. The topological polar surface area (TPSA) is 75.4 Å². The van der Waals surface area contributed by atoms with E-state index in [1.54, 1.807) is 0 Å². The quantitative estimate of drug-likeness (QED) is 0.567. The molecule has 3 N–H and O–H groups in total. The van der Waals surface area contributed by atoms with Crippen LogP contribution < -0.4 is 11.1 Å². The van der Waals surface area contributed by atoms with Crippen LogP contribution in [0.2, 0.25) is 0 Å². The first-order valence-corrected chi connectivity index (χ1v) is 3.56. The highest BCUT2D eigenvalue weighted by Gasteiger charge is 2.34. The molecule has 2 amide bonds. The lowest BCUT2D eigenvalue weighted by molar-refractivity contribution is -0.121. The molecule has 66 valence electrons. The molecule has 0 radical (unpaired) electrons. The van der Waals surface area contributed by atoms with Gasteiger partial charge in [-0.1, -0.05) is 0 Å². The van der Waals surface area contributed by atoms with E-state index in [1.165, 1.54) is 19.2 Å². The lowest BCUT2D eigenvalue weighted by atomic mass is 10.1. The third kappa shape index (κ3) is 1.41. The van der Waals surface area contributed by atoms with Crippen molar-refractivity contribution < 1.29 is 9.59 Å². The van der Waals surface area contributed by atoms with Crippen LogP contribution in [0.25, 0.3) is 0 Å². The Hall–Kier alpha value is -1.07. The molecule has 5 nitrogen and oxygen atoms in total. The van der Waals surface area contributed by atoms with Crippen molar-refractivity contribution in [2.24, 2.45) is 5.73 Å². The second-order valence-corrected chi connectivity index (χ2v) is 2.85. The number of urea groups is 1. The number of nitrogens with zero attached hydrogens (tertiary/aromatic N) is 1. The molecule has 0 fully saturated rings. The highest BCUT2D eigenvalue weighted by atomic mass is 35.5. The molecule has 0 saturated heterocycles. The number of nitrogens with two attached hydrogens (primary N) is 1. The van der Waals surface area contributed by atoms with Gasteiger partial charge in [-0.2, -0.15) is 0 Å². The minimum Gasteiger partial charge on any atom is -0.309 e. The molecular formula is C6H8ClN3O2. The number of hydrogen-bond acceptors (Lipinski definition) is 3. The van der Waals surface area contributed by atoms with Gasteiger partial charge < -0.3 is 5.32 Å². The Kier molecular flexibility index (Phi) is 2.08. The zero-order valence-electron chi connectivity index (χ0n) is 6.37. The highest BCUT2D eigenvalue weighted by Crippen LogP contribution is 2.10. The molecule has 0 bridgehead atoms. The summed E-state index contributed by atoms with van der Waals surface area (Å²) in [6, 6.07) is -0.614. The van der Waals surface area contributed by atoms with Gasteiger partial charge in [-0.05, 0) is 13.0 Å². The van der Waals surface area contributed by atoms with Gasteiger partial charge in [0.1, 0.15) is 0 Å². The number of halogens is 1. The summed E-state index contributed by atoms with van der Waals surface area (Å²) < 4.78 is 0.786. The number of Topliss-reactive ketones (excluding diaryl/α,β-unsaturated/α-hetero) is 1. The molecule has 0 spiro atoms. The third-order valence-electron chi connectivity index (χ3n) is 1.56. The van der Waals surface area contributed by atoms with Crippen LogP contribution in [0.4, 0.5) is 4.79 Å². The van der Waals surface area contributed by atoms with Gasteiger partial charge in [-0.25, -0.2) is 9.21 Å². The Labute approximate surface area is 74.3 Å². The van der Waals surface area contributed by atoms with Gasteiger partial charge in [0, 0.05) is 18.0 Å². The minimum atomic E-state index is -1.41. The lowest BCUT2D eigenvalue weighted by Crippen LogP contribution is -2.62. The predicted octanol–water partition coefficient (Wildman–Crippen LogP) is -0.0769. The van der Waals surface area contributed by atoms with Crippen LogP contribution in [0.3, 0.4) is 0 Å². The Balaban J connectivity index is 2.92. The van der Waals surface area contributed by atoms with Crippen molar-refractivity contribution >= 4 is 23.6 Å². The molecular weight excluding hydrogens is 182 g/mol. The average Bonchev–Trinajstić information content (AvgIpc) is 1.97. The second-order valence-electron chi connectivity index (χ2n) is 2.48. The molecule has 0 aromatic carbocycles. The normalized spacial score (nSPS) is 28.6. The van der Waals surface area contributed by atoms with Crippen molar-refractivity contribution in [1.29, 1.82) is 0 Å². The summed E-state index contributed by atoms with van der Waals surface area (Å²) in [7, 11) is 0. The number of rotatable bonds is 1. The molecule has 0 aromatic heterocycles. The van der Waals surface area contributed by atoms with E-state index in [4.69, 9.17) is 17.5 Å². The van der Waals surface area contributed by atoms with Gasteiger partial charge >= 0.3 is 6.03 Å². The maximum Gasteiger partial charge on any atom is 0.338 e. The van der Waals surface area contributed by atoms with Crippen molar-refractivity contribution in [2.75, 3.05) is 0 Å². The van der Waals surface area contributed by atoms with E-state index >= 15 is 0 Å². The molecule has 1 rings (SSSR count). The van der Waals surface area contributed by atoms with Crippen molar-refractivity contribution in [1.82, 2.24) is 9.74 Å². The standard InChI is InChI=1S/C6H8ClN3O2/c1-4(11)6(8)2-3-10(7)5(12)9-6/h2-3H,8H2,1H3,(H,9,12). The number of hydrogen-bond donors (Lipinski definition) is 2. The van der Waals surface area contributed by atoms with E-state index in [0.717, 1.165) is 4.42 Å². The SMILES string of the molecule is CC(=O)C1(N)C=CN(Cl)C(=O)N1. The fourth-order valence-corrected chi connectivity index (χ4v) is 0.827. The van der Waals surface area contributed by atoms with Gasteiger partial charge in [0.05, 0.1) is 0 Å². The zero-order chi connectivity index (χ0) is 9.35. The summed E-state index contributed by atoms with van der Waals surface area (Å²) in [4.78, 5) is 21.8. The van der Waals surface area contributed by atoms with E-state index in [0.29, 0.717) is 0 Å². The van der Waals surface area contributed by atoms with Crippen molar-refractivity contribution in [3.8, 4) is 0 Å². The molecule has 1 atom stereocenters. The molecule has 1 aliphatic rings. The third-order valence-corrected chi connectivity index (χ3v) is 1.82. The van der Waals surface area contributed by atoms with E-state index in [1.807, 2.05) is 0 Å². The zero-order valence-corrected chi connectivity index (χ0v) is 7.13. The number of amides is 2. The van der Waals surface area contributed by atoms with Crippen molar-refractivity contribution in [3.63, 3.8) is 0 Å². The van der Waals surface area contributed by atoms with Crippen LogP contribution in [0.5, 0.6) is 0 Å². The maximum atomic E-state index is 10.9. The van der Waals surface area contributed by atoms with E-state index < -0.39 is 11.7 Å². The monoisotopic (exact) mass is 189 g/mol. The van der Waals surface area contributed by atoms with Crippen LogP contribution in [0.1, 0.15) is 6.92 Å². The predicted molar refractivity (Wildman–Crippen MR) is 43.0 cm³/mol. The highest BCUT2D eigenvalue weighted by molar-refractivity contribution is 6.22. The fourth-order valence-electron chi connectivity index (χ4n) is 0.728. The van der Waals surface area contributed by atoms with E-state index in [9.17, 15) is 9.59 Å². The molecule has 0 aromatic rings. The Morgan fingerprint density at radius 1 is 1.83 bits per heavy atom. The number of nitrogens with one attached hydrogen (secondary N) is 1. The van der Waals surface area contributed by atoms with Crippen LogP contribution in [-0.4, -0.2) is 21.9 Å². The molecule has 1 unspecified atom stereocenters. The van der Waals surface area contributed by atoms with Gasteiger partial charge in [-0.15, -0.1) is 0 Å². The first-order valence-electron chi connectivity index (χ1n) is 3.22. The van der Waals surface area contributed by atoms with Crippen molar-refractivity contribution in [2.45, 2.75) is 12.6 Å². The molecule has 12 heavy (non-hydrogen) atoms. The minimum absolute atomic E-state index is 0.350. The number of ketones is 1. The summed E-state index contributed by atoms with van der Waals surface area (Å²) in [5.74, 6) is -0.350. The smallest absolute Gasteiger partial charge is 0.309 e. The van der Waals surface area contributed by atoms with E-state index in [2.05, 4.69) is 5.32 Å². The number of carbonyl (C=O) groups excluding carboxylic acids is 2. The molecule has 1 heterocycles. The van der Waals surface area contributed by atoms with Gasteiger partial charge in [0.25, 0.3) is 0 Å². The molecule has 0 saturated carbocycles. The Bertz CT molecular complexity index is 266. The van der Waals surface area contributed by atoms with Gasteiger partial charge in [-0.3, -0.25) is 10.5 Å². The lowest BCUT2D eigenvalue weighted by Gasteiger charge is -2.29. The summed E-state index contributed by atoms with van der Waals surface area (Å²) >= 11 is 5.37. The number of carbonyl (C=O) groups is 2. The summed E-state index contributed by atoms with van der Waals surface area (Å²) in [5.41, 5.74) is 4.09. The fraction of sp³-hybridized carbons (Fsp3) is 0.333. The van der Waals surface area contributed by atoms with Gasteiger partial charge in [0.15, 0.2) is 11.4 Å². The summed E-state index contributed by atoms with van der Waals surface area (Å²) in [5, 5.41) is 2.24. The molecule has 6 heteroatoms. The van der Waals surface area contributed by atoms with Crippen LogP contribution >= 0.6 is 11.8 Å². The first-order chi connectivity index (χ1) is 5.46. The summed E-state index contributed by atoms with van der Waals surface area (Å²) in [6.45, 7) is 1.29. The van der Waals surface area contributed by atoms with Gasteiger partial charge in [0.2, 0.25) is 0 Å². The molecule has 0 aliphatic carbocycles. The van der Waals surface area contributed by atoms with E-state index in [-0.39, 0.29) is 5.78 Å². The molecule has 1 aliphatic heterocycles. The second kappa shape index (κ2) is 2.76. The van der Waals surface area contributed by atoms with Crippen molar-refractivity contribution in [3.05, 3.63) is 12.3 Å². The van der Waals surface area contributed by atoms with Crippen LogP contribution in [0, 0.1) is 0 Å². The Morgan fingerprint density at radius 3 is 2.83 bits per heavy atom. The average molecular weight is 190 g/mol. The maximum absolute atomic E-state index is 10.9. The Morgan fingerprint density at radius 2 is 2.42 bits per heavy atom. The van der Waals surface area contributed by atoms with Crippen LogP contribution in [-0.2, 0) is 4.79 Å².